The van der Waals surface area contributed by atoms with Gasteiger partial charge in [-0.2, -0.15) is 0 Å². The van der Waals surface area contributed by atoms with Gasteiger partial charge in [0.1, 0.15) is 0 Å². The number of benzene rings is 1. The number of nitrogens with zero attached hydrogens (tertiary/aromatic N) is 3. The molecule has 6 nitrogen and oxygen atoms in total. The third-order valence-corrected chi connectivity index (χ3v) is 6.33. The molecule has 0 atom stereocenters. The Bertz CT molecular complexity index is 714. The van der Waals surface area contributed by atoms with Crippen molar-refractivity contribution in [2.45, 2.75) is 49.7 Å². The van der Waals surface area contributed by atoms with E-state index in [9.17, 15) is 4.79 Å². The van der Waals surface area contributed by atoms with Crippen LogP contribution < -0.4 is 10.6 Å². The molecule has 0 bridgehead atoms. The molecule has 1 fully saturated rings. The molecule has 0 radical (unpaired) electrons. The van der Waals surface area contributed by atoms with Crippen LogP contribution in [0.15, 0.2) is 34.7 Å². The van der Waals surface area contributed by atoms with E-state index in [0.29, 0.717) is 11.8 Å². The van der Waals surface area contributed by atoms with Crippen molar-refractivity contribution >= 4 is 34.1 Å². The van der Waals surface area contributed by atoms with Crippen LogP contribution in [-0.2, 0) is 11.3 Å². The molecule has 1 aromatic heterocycles. The summed E-state index contributed by atoms with van der Waals surface area (Å²) >= 11 is 2.94. The van der Waals surface area contributed by atoms with Crippen LogP contribution in [-0.4, -0.2) is 51.9 Å². The molecule has 2 aromatic rings. The summed E-state index contributed by atoms with van der Waals surface area (Å²) in [5.41, 5.74) is 1.35. The van der Waals surface area contributed by atoms with Gasteiger partial charge in [0.2, 0.25) is 11.0 Å². The van der Waals surface area contributed by atoms with Gasteiger partial charge >= 0.3 is 0 Å². The predicted molar refractivity (Wildman–Crippen MR) is 112 cm³/mol. The lowest BCUT2D eigenvalue weighted by Crippen LogP contribution is -2.44. The summed E-state index contributed by atoms with van der Waals surface area (Å²) in [5, 5.41) is 15.4. The number of thioether (sulfide) groups is 1. The normalized spacial score (nSPS) is 15.8. The Morgan fingerprint density at radius 3 is 2.70 bits per heavy atom. The molecule has 3 rings (SSSR count). The van der Waals surface area contributed by atoms with E-state index >= 15 is 0 Å². The molecule has 1 aliphatic rings. The fourth-order valence-electron chi connectivity index (χ4n) is 3.05. The standard InChI is InChI=1S/C19H27N5OS2/c1-14(2)20-18-22-23-19(27-18)26-13-17(25)21-16-8-10-24(11-9-16)12-15-6-4-3-5-7-15/h3-7,14,16H,8-13H2,1-2H3,(H,20,22)(H,21,25). The first kappa shape index (κ1) is 20.1. The van der Waals surface area contributed by atoms with Crippen LogP contribution in [0.25, 0.3) is 0 Å². The number of rotatable bonds is 8. The number of piperidine rings is 1. The van der Waals surface area contributed by atoms with Gasteiger partial charge in [-0.15, -0.1) is 10.2 Å². The number of hydrogen-bond donors (Lipinski definition) is 2. The van der Waals surface area contributed by atoms with Crippen molar-refractivity contribution in [1.29, 1.82) is 0 Å². The summed E-state index contributed by atoms with van der Waals surface area (Å²) in [6.07, 6.45) is 2.01. The smallest absolute Gasteiger partial charge is 0.230 e. The van der Waals surface area contributed by atoms with Gasteiger partial charge in [0.15, 0.2) is 4.34 Å². The Balaban J connectivity index is 1.35. The van der Waals surface area contributed by atoms with Crippen LogP contribution in [0.5, 0.6) is 0 Å². The summed E-state index contributed by atoms with van der Waals surface area (Å²) in [5.74, 6) is 0.468. The highest BCUT2D eigenvalue weighted by molar-refractivity contribution is 8.01. The van der Waals surface area contributed by atoms with Crippen LogP contribution >= 0.6 is 23.1 Å². The Kier molecular flexibility index (Phi) is 7.49. The summed E-state index contributed by atoms with van der Waals surface area (Å²) in [6.45, 7) is 7.15. The first-order valence-corrected chi connectivity index (χ1v) is 11.2. The van der Waals surface area contributed by atoms with Gasteiger partial charge in [-0.1, -0.05) is 53.4 Å². The Labute approximate surface area is 169 Å². The molecule has 1 aromatic carbocycles. The van der Waals surface area contributed by atoms with Crippen LogP contribution in [0.3, 0.4) is 0 Å². The molecule has 1 saturated heterocycles. The number of carbonyl (C=O) groups is 1. The molecule has 0 saturated carbocycles. The van der Waals surface area contributed by atoms with Crippen LogP contribution in [0.4, 0.5) is 5.13 Å². The molecule has 27 heavy (non-hydrogen) atoms. The van der Waals surface area contributed by atoms with Crippen molar-refractivity contribution in [3.05, 3.63) is 35.9 Å². The van der Waals surface area contributed by atoms with E-state index in [1.807, 2.05) is 6.07 Å². The van der Waals surface area contributed by atoms with Crippen LogP contribution in [0.1, 0.15) is 32.3 Å². The first-order chi connectivity index (χ1) is 13.1. The van der Waals surface area contributed by atoms with Gasteiger partial charge in [0.25, 0.3) is 0 Å². The van der Waals surface area contributed by atoms with Gasteiger partial charge in [-0.3, -0.25) is 9.69 Å². The molecule has 8 heteroatoms. The Morgan fingerprint density at radius 1 is 1.26 bits per heavy atom. The van der Waals surface area contributed by atoms with Crippen molar-refractivity contribution in [2.24, 2.45) is 0 Å². The fraction of sp³-hybridized carbons (Fsp3) is 0.526. The lowest BCUT2D eigenvalue weighted by atomic mass is 10.0. The zero-order chi connectivity index (χ0) is 19.1. The Morgan fingerprint density at radius 2 is 2.00 bits per heavy atom. The van der Waals surface area contributed by atoms with Crippen molar-refractivity contribution in [3.63, 3.8) is 0 Å². The number of carbonyl (C=O) groups excluding carboxylic acids is 1. The maximum atomic E-state index is 12.2. The van der Waals surface area contributed by atoms with E-state index in [2.05, 4.69) is 63.8 Å². The second kappa shape index (κ2) is 10.1. The second-order valence-corrected chi connectivity index (χ2v) is 9.26. The average molecular weight is 406 g/mol. The highest BCUT2D eigenvalue weighted by Crippen LogP contribution is 2.25. The number of anilines is 1. The highest BCUT2D eigenvalue weighted by Gasteiger charge is 2.21. The fourth-order valence-corrected chi connectivity index (χ4v) is 4.76. The monoisotopic (exact) mass is 405 g/mol. The number of aromatic nitrogens is 2. The molecule has 1 amide bonds. The van der Waals surface area contributed by atoms with Gasteiger partial charge in [-0.05, 0) is 32.3 Å². The summed E-state index contributed by atoms with van der Waals surface area (Å²) < 4.78 is 0.825. The largest absolute Gasteiger partial charge is 0.358 e. The van der Waals surface area contributed by atoms with Crippen molar-refractivity contribution in [1.82, 2.24) is 20.4 Å². The molecule has 146 valence electrons. The predicted octanol–water partition coefficient (Wildman–Crippen LogP) is 3.23. The maximum absolute atomic E-state index is 12.2. The third kappa shape index (κ3) is 6.79. The summed E-state index contributed by atoms with van der Waals surface area (Å²) in [4.78, 5) is 14.7. The summed E-state index contributed by atoms with van der Waals surface area (Å²) in [7, 11) is 0. The minimum atomic E-state index is 0.0788. The molecule has 2 N–H and O–H groups in total. The molecular formula is C19H27N5OS2. The van der Waals surface area contributed by atoms with Crippen molar-refractivity contribution in [2.75, 3.05) is 24.2 Å². The average Bonchev–Trinajstić information content (AvgIpc) is 3.09. The zero-order valence-electron chi connectivity index (χ0n) is 15.9. The SMILES string of the molecule is CC(C)Nc1nnc(SCC(=O)NC2CCN(Cc3ccccc3)CC2)s1. The minimum Gasteiger partial charge on any atom is -0.358 e. The molecule has 1 aliphatic heterocycles. The van der Waals surface area contributed by atoms with Crippen LogP contribution in [0.2, 0.25) is 0 Å². The number of likely N-dealkylation sites (tertiary alicyclic amines) is 1. The van der Waals surface area contributed by atoms with E-state index in [-0.39, 0.29) is 11.9 Å². The molecular weight excluding hydrogens is 378 g/mol. The molecule has 0 unspecified atom stereocenters. The highest BCUT2D eigenvalue weighted by atomic mass is 32.2. The molecule has 0 spiro atoms. The first-order valence-electron chi connectivity index (χ1n) is 9.37. The van der Waals surface area contributed by atoms with Crippen molar-refractivity contribution in [3.8, 4) is 0 Å². The molecule has 2 heterocycles. The van der Waals surface area contributed by atoms with Gasteiger partial charge in [0, 0.05) is 31.7 Å². The number of hydrogen-bond acceptors (Lipinski definition) is 7. The van der Waals surface area contributed by atoms with Gasteiger partial charge in [-0.25, -0.2) is 0 Å². The van der Waals surface area contributed by atoms with E-state index in [4.69, 9.17) is 0 Å². The number of nitrogens with one attached hydrogen (secondary N) is 2. The van der Waals surface area contributed by atoms with E-state index < -0.39 is 0 Å². The third-order valence-electron chi connectivity index (χ3n) is 4.35. The zero-order valence-corrected chi connectivity index (χ0v) is 17.5. The Hall–Kier alpha value is -1.64. The lowest BCUT2D eigenvalue weighted by molar-refractivity contribution is -0.119. The summed E-state index contributed by atoms with van der Waals surface area (Å²) in [6, 6.07) is 11.2. The van der Waals surface area contributed by atoms with Gasteiger partial charge in [0.05, 0.1) is 5.75 Å². The lowest BCUT2D eigenvalue weighted by Gasteiger charge is -2.32. The van der Waals surface area contributed by atoms with Crippen LogP contribution in [0, 0.1) is 0 Å². The van der Waals surface area contributed by atoms with E-state index in [1.54, 1.807) is 0 Å². The van der Waals surface area contributed by atoms with E-state index in [0.717, 1.165) is 41.9 Å². The minimum absolute atomic E-state index is 0.0788. The topological polar surface area (TPSA) is 70.1 Å². The van der Waals surface area contributed by atoms with Gasteiger partial charge < -0.3 is 10.6 Å². The molecule has 0 aliphatic carbocycles. The number of amides is 1. The second-order valence-electron chi connectivity index (χ2n) is 7.06. The van der Waals surface area contributed by atoms with Crippen molar-refractivity contribution < 1.29 is 4.79 Å². The quantitative estimate of drug-likeness (QED) is 0.657. The van der Waals surface area contributed by atoms with E-state index in [1.165, 1.54) is 28.7 Å². The maximum Gasteiger partial charge on any atom is 0.230 e.